The van der Waals surface area contributed by atoms with Crippen LogP contribution >= 0.6 is 0 Å². The van der Waals surface area contributed by atoms with E-state index in [1.54, 1.807) is 6.07 Å². The van der Waals surface area contributed by atoms with E-state index in [1.807, 2.05) is 0 Å². The zero-order valence-electron chi connectivity index (χ0n) is 14.7. The van der Waals surface area contributed by atoms with E-state index in [1.165, 1.54) is 37.6 Å². The Labute approximate surface area is 156 Å². The van der Waals surface area contributed by atoms with Gasteiger partial charge in [0.25, 0.3) is 5.91 Å². The fourth-order valence-corrected chi connectivity index (χ4v) is 2.30. The predicted molar refractivity (Wildman–Crippen MR) is 90.6 cm³/mol. The molecule has 3 rings (SSSR count). The third kappa shape index (κ3) is 3.89. The number of nitrogens with one attached hydrogen (secondary N) is 1. The van der Waals surface area contributed by atoms with Gasteiger partial charge in [-0.25, -0.2) is 14.6 Å². The summed E-state index contributed by atoms with van der Waals surface area (Å²) in [5.41, 5.74) is 0.241. The number of aromatic nitrogens is 6. The van der Waals surface area contributed by atoms with Crippen molar-refractivity contribution in [1.82, 2.24) is 30.2 Å². The maximum absolute atomic E-state index is 13.0. The van der Waals surface area contributed by atoms with Crippen LogP contribution in [-0.4, -0.2) is 49.4 Å². The fourth-order valence-electron chi connectivity index (χ4n) is 2.30. The second-order valence-electron chi connectivity index (χ2n) is 5.59. The molecular formula is C16H14F3N7O2. The van der Waals surface area contributed by atoms with Gasteiger partial charge in [0.1, 0.15) is 23.1 Å². The second kappa shape index (κ2) is 7.58. The molecule has 0 aliphatic rings. The first-order valence-corrected chi connectivity index (χ1v) is 7.93. The van der Waals surface area contributed by atoms with Crippen molar-refractivity contribution >= 4 is 11.7 Å². The monoisotopic (exact) mass is 393 g/mol. The molecule has 1 atom stereocenters. The minimum Gasteiger partial charge on any atom is -0.480 e. The lowest BCUT2D eigenvalue weighted by Gasteiger charge is -2.16. The summed E-state index contributed by atoms with van der Waals surface area (Å²) < 4.78 is 44.7. The van der Waals surface area contributed by atoms with Gasteiger partial charge in [-0.3, -0.25) is 4.79 Å². The number of tetrazole rings is 1. The number of nitrogens with zero attached hydrogens (tertiary/aromatic N) is 6. The summed E-state index contributed by atoms with van der Waals surface area (Å²) in [6.07, 6.45) is -3.07. The maximum Gasteiger partial charge on any atom is 0.410 e. The predicted octanol–water partition coefficient (Wildman–Crippen LogP) is 2.51. The Kier molecular flexibility index (Phi) is 5.20. The minimum atomic E-state index is -4.53. The van der Waals surface area contributed by atoms with E-state index in [0.717, 1.165) is 6.92 Å². The number of methoxy groups -OCH3 is 1. The number of alkyl halides is 3. The normalized spacial score (nSPS) is 12.5. The van der Waals surface area contributed by atoms with Crippen LogP contribution in [0.5, 0.6) is 5.88 Å². The third-order valence-corrected chi connectivity index (χ3v) is 3.76. The SMILES string of the molecule is COc1ncccc1C(=O)Nc1cccc(-c2nnnn2[C@@H](C)C(F)(F)F)n1. The second-order valence-corrected chi connectivity index (χ2v) is 5.59. The van der Waals surface area contributed by atoms with Gasteiger partial charge < -0.3 is 10.1 Å². The number of carbonyl (C=O) groups excluding carboxylic acids is 1. The van der Waals surface area contributed by atoms with E-state index >= 15 is 0 Å². The van der Waals surface area contributed by atoms with Crippen LogP contribution in [0.3, 0.4) is 0 Å². The van der Waals surface area contributed by atoms with Crippen molar-refractivity contribution in [2.45, 2.75) is 19.1 Å². The lowest BCUT2D eigenvalue weighted by molar-refractivity contribution is -0.165. The van der Waals surface area contributed by atoms with Crippen LogP contribution in [-0.2, 0) is 0 Å². The number of halogens is 3. The molecule has 0 bridgehead atoms. The molecule has 0 aliphatic heterocycles. The number of hydrogen-bond acceptors (Lipinski definition) is 7. The Morgan fingerprint density at radius 3 is 2.75 bits per heavy atom. The highest BCUT2D eigenvalue weighted by atomic mass is 19.4. The molecule has 0 saturated heterocycles. The molecule has 0 saturated carbocycles. The molecule has 146 valence electrons. The number of hydrogen-bond donors (Lipinski definition) is 1. The molecule has 0 unspecified atom stereocenters. The molecule has 0 aromatic carbocycles. The molecule has 0 radical (unpaired) electrons. The molecule has 0 spiro atoms. The molecule has 3 heterocycles. The first kappa shape index (κ1) is 19.2. The standard InChI is InChI=1S/C16H14F3N7O2/c1-9(16(17,18)19)26-13(23-24-25-26)11-6-3-7-12(21-11)22-14(27)10-5-4-8-20-15(10)28-2/h3-9H,1-2H3,(H,21,22,27)/t9-/m0/s1. The summed E-state index contributed by atoms with van der Waals surface area (Å²) in [4.78, 5) is 20.5. The largest absolute Gasteiger partial charge is 0.480 e. The van der Waals surface area contributed by atoms with Crippen molar-refractivity contribution in [2.24, 2.45) is 0 Å². The van der Waals surface area contributed by atoms with E-state index < -0.39 is 18.1 Å². The lowest BCUT2D eigenvalue weighted by atomic mass is 10.2. The topological polar surface area (TPSA) is 108 Å². The van der Waals surface area contributed by atoms with E-state index in [4.69, 9.17) is 4.74 Å². The molecule has 3 aromatic heterocycles. The number of carbonyl (C=O) groups is 1. The highest BCUT2D eigenvalue weighted by molar-refractivity contribution is 6.05. The van der Waals surface area contributed by atoms with Gasteiger partial charge in [0.2, 0.25) is 11.7 Å². The molecule has 9 nitrogen and oxygen atoms in total. The summed E-state index contributed by atoms with van der Waals surface area (Å²) in [5, 5.41) is 12.9. The van der Waals surface area contributed by atoms with Gasteiger partial charge in [-0.1, -0.05) is 6.07 Å². The molecule has 28 heavy (non-hydrogen) atoms. The van der Waals surface area contributed by atoms with Gasteiger partial charge in [0, 0.05) is 6.20 Å². The van der Waals surface area contributed by atoms with Crippen molar-refractivity contribution in [1.29, 1.82) is 0 Å². The van der Waals surface area contributed by atoms with E-state index in [0.29, 0.717) is 4.68 Å². The molecular weight excluding hydrogens is 379 g/mol. The van der Waals surface area contributed by atoms with Crippen molar-refractivity contribution in [2.75, 3.05) is 12.4 Å². The zero-order chi connectivity index (χ0) is 20.3. The maximum atomic E-state index is 13.0. The Morgan fingerprint density at radius 2 is 2.04 bits per heavy atom. The van der Waals surface area contributed by atoms with Crippen LogP contribution in [0.25, 0.3) is 11.5 Å². The Morgan fingerprint density at radius 1 is 1.25 bits per heavy atom. The molecule has 0 aliphatic carbocycles. The molecule has 3 aromatic rings. The third-order valence-electron chi connectivity index (χ3n) is 3.76. The van der Waals surface area contributed by atoms with Crippen molar-refractivity contribution < 1.29 is 22.7 Å². The molecule has 0 fully saturated rings. The highest BCUT2D eigenvalue weighted by Crippen LogP contribution is 2.31. The van der Waals surface area contributed by atoms with Gasteiger partial charge in [-0.15, -0.1) is 5.10 Å². The van der Waals surface area contributed by atoms with Gasteiger partial charge in [0.15, 0.2) is 0 Å². The minimum absolute atomic E-state index is 0.0667. The van der Waals surface area contributed by atoms with Gasteiger partial charge in [-0.05, 0) is 41.6 Å². The summed E-state index contributed by atoms with van der Waals surface area (Å²) in [7, 11) is 1.37. The zero-order valence-corrected chi connectivity index (χ0v) is 14.7. The molecule has 12 heteroatoms. The van der Waals surface area contributed by atoms with Crippen LogP contribution in [0.2, 0.25) is 0 Å². The van der Waals surface area contributed by atoms with Crippen molar-refractivity contribution in [3.63, 3.8) is 0 Å². The van der Waals surface area contributed by atoms with Crippen LogP contribution < -0.4 is 10.1 Å². The van der Waals surface area contributed by atoms with Gasteiger partial charge in [-0.2, -0.15) is 13.2 Å². The number of rotatable bonds is 5. The van der Waals surface area contributed by atoms with Crippen LogP contribution in [0.1, 0.15) is 23.3 Å². The summed E-state index contributed by atoms with van der Waals surface area (Å²) in [5.74, 6) is -0.501. The Hall–Kier alpha value is -3.57. The van der Waals surface area contributed by atoms with Gasteiger partial charge >= 0.3 is 6.18 Å². The fraction of sp³-hybridized carbons (Fsp3) is 0.250. The first-order valence-electron chi connectivity index (χ1n) is 7.93. The number of amides is 1. The van der Waals surface area contributed by atoms with Crippen LogP contribution in [0.4, 0.5) is 19.0 Å². The summed E-state index contributed by atoms with van der Waals surface area (Å²) >= 11 is 0. The van der Waals surface area contributed by atoms with E-state index in [-0.39, 0.29) is 28.8 Å². The molecule has 1 amide bonds. The van der Waals surface area contributed by atoms with E-state index in [9.17, 15) is 18.0 Å². The number of anilines is 1. The first-order chi connectivity index (χ1) is 13.3. The van der Waals surface area contributed by atoms with Gasteiger partial charge in [0.05, 0.1) is 7.11 Å². The quantitative estimate of drug-likeness (QED) is 0.710. The van der Waals surface area contributed by atoms with Crippen LogP contribution in [0, 0.1) is 0 Å². The number of ether oxygens (including phenoxy) is 1. The van der Waals surface area contributed by atoms with Crippen molar-refractivity contribution in [3.05, 3.63) is 42.1 Å². The number of pyridine rings is 2. The summed E-state index contributed by atoms with van der Waals surface area (Å²) in [6, 6.07) is 5.55. The average molecular weight is 393 g/mol. The summed E-state index contributed by atoms with van der Waals surface area (Å²) in [6.45, 7) is 0.931. The lowest BCUT2D eigenvalue weighted by Crippen LogP contribution is -2.25. The smallest absolute Gasteiger partial charge is 0.410 e. The Bertz CT molecular complexity index is 990. The Balaban J connectivity index is 1.88. The highest BCUT2D eigenvalue weighted by Gasteiger charge is 2.40. The van der Waals surface area contributed by atoms with E-state index in [2.05, 4.69) is 30.8 Å². The average Bonchev–Trinajstić information content (AvgIpc) is 3.16. The van der Waals surface area contributed by atoms with Crippen LogP contribution in [0.15, 0.2) is 36.5 Å². The molecule has 1 N–H and O–H groups in total. The van der Waals surface area contributed by atoms with Crippen molar-refractivity contribution in [3.8, 4) is 17.4 Å².